The van der Waals surface area contributed by atoms with Crippen LogP contribution in [0.2, 0.25) is 0 Å². The summed E-state index contributed by atoms with van der Waals surface area (Å²) in [5, 5.41) is 22.2. The Labute approximate surface area is 118 Å². The predicted molar refractivity (Wildman–Crippen MR) is 68.2 cm³/mol. The molecule has 1 aromatic rings. The summed E-state index contributed by atoms with van der Waals surface area (Å²) in [5.74, 6) is -4.13. The van der Waals surface area contributed by atoms with E-state index in [2.05, 4.69) is 15.4 Å². The molecule has 116 valence electrons. The van der Waals surface area contributed by atoms with E-state index in [9.17, 15) is 23.5 Å². The number of carboxylic acids is 1. The zero-order valence-electron chi connectivity index (χ0n) is 11.2. The average molecular weight is 304 g/mol. The number of anilines is 1. The van der Waals surface area contributed by atoms with Crippen molar-refractivity contribution in [2.24, 2.45) is 0 Å². The topological polar surface area (TPSA) is 108 Å². The third kappa shape index (κ3) is 4.28. The van der Waals surface area contributed by atoms with Gasteiger partial charge in [-0.05, 0) is 6.92 Å². The summed E-state index contributed by atoms with van der Waals surface area (Å²) in [4.78, 5) is 22.1. The van der Waals surface area contributed by atoms with Crippen molar-refractivity contribution in [3.63, 3.8) is 0 Å². The van der Waals surface area contributed by atoms with Gasteiger partial charge in [-0.15, -0.1) is 0 Å². The number of nitrogens with one attached hydrogen (secondary N) is 2. The van der Waals surface area contributed by atoms with Gasteiger partial charge in [0.25, 0.3) is 0 Å². The predicted octanol–water partition coefficient (Wildman–Crippen LogP) is 0.930. The minimum absolute atomic E-state index is 0.196. The van der Waals surface area contributed by atoms with E-state index in [0.29, 0.717) is 0 Å². The second kappa shape index (κ2) is 6.35. The summed E-state index contributed by atoms with van der Waals surface area (Å²) in [5.41, 5.74) is -2.36. The first-order valence-corrected chi connectivity index (χ1v) is 5.71. The normalized spacial score (nSPS) is 13.2. The maximum atomic E-state index is 13.4. The van der Waals surface area contributed by atoms with Gasteiger partial charge in [0.05, 0.1) is 13.7 Å². The largest absolute Gasteiger partial charge is 0.491 e. The molecular weight excluding hydrogens is 290 g/mol. The number of hydrogen-bond acceptors (Lipinski definition) is 4. The molecule has 21 heavy (non-hydrogen) atoms. The van der Waals surface area contributed by atoms with Crippen LogP contribution in [0.15, 0.2) is 12.1 Å². The van der Waals surface area contributed by atoms with Gasteiger partial charge >= 0.3 is 12.0 Å². The highest BCUT2D eigenvalue weighted by Gasteiger charge is 2.30. The molecule has 0 heterocycles. The van der Waals surface area contributed by atoms with Crippen molar-refractivity contribution in [1.82, 2.24) is 5.32 Å². The molecule has 0 bridgehead atoms. The number of amides is 2. The van der Waals surface area contributed by atoms with Crippen molar-refractivity contribution in [2.45, 2.75) is 12.5 Å². The smallest absolute Gasteiger partial charge is 0.337 e. The number of methoxy groups -OCH3 is 1. The maximum absolute atomic E-state index is 13.4. The third-order valence-corrected chi connectivity index (χ3v) is 2.51. The van der Waals surface area contributed by atoms with Crippen LogP contribution in [0.5, 0.6) is 5.75 Å². The second-order valence-corrected chi connectivity index (χ2v) is 4.36. The van der Waals surface area contributed by atoms with E-state index in [4.69, 9.17) is 5.11 Å². The number of hydrogen-bond donors (Lipinski definition) is 4. The number of aliphatic hydroxyl groups is 1. The minimum atomic E-state index is -2.16. The highest BCUT2D eigenvalue weighted by Crippen LogP contribution is 2.25. The molecule has 2 amide bonds. The molecule has 7 nitrogen and oxygen atoms in total. The Morgan fingerprint density at radius 2 is 1.86 bits per heavy atom. The molecule has 1 rings (SSSR count). The van der Waals surface area contributed by atoms with Crippen LogP contribution in [0.1, 0.15) is 6.92 Å². The summed E-state index contributed by atoms with van der Waals surface area (Å²) in [6.07, 6.45) is 0. The number of urea groups is 1. The number of halogens is 2. The third-order valence-electron chi connectivity index (χ3n) is 2.51. The van der Waals surface area contributed by atoms with E-state index in [1.54, 1.807) is 0 Å². The van der Waals surface area contributed by atoms with E-state index in [1.165, 1.54) is 0 Å². The first-order valence-electron chi connectivity index (χ1n) is 5.71. The standard InChI is InChI=1S/C12H14F2N2O5/c1-12(20,10(17)18)5-15-11(19)16-6-3-7(13)9(21-2)8(14)4-6/h3-4,20H,5H2,1-2H3,(H,17,18)(H2,15,16,19). The number of benzene rings is 1. The number of carbonyl (C=O) groups is 2. The Bertz CT molecular complexity index is 540. The molecule has 0 aliphatic rings. The Hall–Kier alpha value is -2.42. The summed E-state index contributed by atoms with van der Waals surface area (Å²) in [6, 6.07) is 0.730. The number of carbonyl (C=O) groups excluding carboxylic acids is 1. The van der Waals surface area contributed by atoms with Crippen LogP contribution < -0.4 is 15.4 Å². The van der Waals surface area contributed by atoms with Gasteiger partial charge < -0.3 is 25.6 Å². The Kier molecular flexibility index (Phi) is 5.03. The number of aliphatic carboxylic acids is 1. The van der Waals surface area contributed by atoms with E-state index in [1.807, 2.05) is 0 Å². The fourth-order valence-corrected chi connectivity index (χ4v) is 1.33. The van der Waals surface area contributed by atoms with Crippen LogP contribution in [0, 0.1) is 11.6 Å². The summed E-state index contributed by atoms with van der Waals surface area (Å²) in [6.45, 7) is 0.400. The molecule has 9 heteroatoms. The lowest BCUT2D eigenvalue weighted by Gasteiger charge is -2.18. The first kappa shape index (κ1) is 16.6. The lowest BCUT2D eigenvalue weighted by Crippen LogP contribution is -2.47. The SMILES string of the molecule is COc1c(F)cc(NC(=O)NCC(C)(O)C(=O)O)cc1F. The molecule has 1 unspecified atom stereocenters. The number of carboxylic acid groups (broad SMARTS) is 1. The molecular formula is C12H14F2N2O5. The molecule has 1 atom stereocenters. The van der Waals surface area contributed by atoms with Gasteiger partial charge in [-0.1, -0.05) is 0 Å². The first-order chi connectivity index (χ1) is 9.67. The molecule has 0 aromatic heterocycles. The van der Waals surface area contributed by atoms with Crippen LogP contribution >= 0.6 is 0 Å². The van der Waals surface area contributed by atoms with Gasteiger partial charge in [0, 0.05) is 17.8 Å². The van der Waals surface area contributed by atoms with Gasteiger partial charge in [0.2, 0.25) is 0 Å². The summed E-state index contributed by atoms with van der Waals surface area (Å²) >= 11 is 0. The Morgan fingerprint density at radius 3 is 2.29 bits per heavy atom. The second-order valence-electron chi connectivity index (χ2n) is 4.36. The average Bonchev–Trinajstić information content (AvgIpc) is 2.36. The van der Waals surface area contributed by atoms with E-state index in [-0.39, 0.29) is 5.69 Å². The highest BCUT2D eigenvalue weighted by atomic mass is 19.1. The van der Waals surface area contributed by atoms with Crippen LogP contribution in [-0.2, 0) is 4.79 Å². The molecule has 0 aliphatic carbocycles. The van der Waals surface area contributed by atoms with Gasteiger partial charge in [0.15, 0.2) is 23.0 Å². The van der Waals surface area contributed by atoms with Crippen molar-refractivity contribution in [2.75, 3.05) is 19.0 Å². The molecule has 4 N–H and O–H groups in total. The highest BCUT2D eigenvalue weighted by molar-refractivity contribution is 5.90. The monoisotopic (exact) mass is 304 g/mol. The Morgan fingerprint density at radius 1 is 1.33 bits per heavy atom. The van der Waals surface area contributed by atoms with Crippen LogP contribution in [-0.4, -0.2) is 41.5 Å². The van der Waals surface area contributed by atoms with Crippen LogP contribution in [0.25, 0.3) is 0 Å². The molecule has 0 spiro atoms. The number of ether oxygens (including phenoxy) is 1. The molecule has 1 aromatic carbocycles. The molecule has 0 saturated heterocycles. The lowest BCUT2D eigenvalue weighted by molar-refractivity contribution is -0.155. The van der Waals surface area contributed by atoms with Crippen molar-refractivity contribution in [1.29, 1.82) is 0 Å². The van der Waals surface area contributed by atoms with Crippen molar-refractivity contribution >= 4 is 17.7 Å². The van der Waals surface area contributed by atoms with E-state index < -0.39 is 41.5 Å². The lowest BCUT2D eigenvalue weighted by atomic mass is 10.1. The molecule has 0 radical (unpaired) electrons. The zero-order valence-corrected chi connectivity index (χ0v) is 11.2. The van der Waals surface area contributed by atoms with Crippen molar-refractivity contribution in [3.05, 3.63) is 23.8 Å². The quantitative estimate of drug-likeness (QED) is 0.647. The number of rotatable bonds is 5. The fourth-order valence-electron chi connectivity index (χ4n) is 1.33. The van der Waals surface area contributed by atoms with Crippen molar-refractivity contribution in [3.8, 4) is 5.75 Å². The zero-order chi connectivity index (χ0) is 16.2. The van der Waals surface area contributed by atoms with Crippen LogP contribution in [0.3, 0.4) is 0 Å². The van der Waals surface area contributed by atoms with Crippen molar-refractivity contribution < 1.29 is 33.3 Å². The minimum Gasteiger partial charge on any atom is -0.491 e. The molecule has 0 saturated carbocycles. The Balaban J connectivity index is 2.70. The molecule has 0 fully saturated rings. The van der Waals surface area contributed by atoms with Gasteiger partial charge in [0.1, 0.15) is 0 Å². The molecule has 0 aliphatic heterocycles. The summed E-state index contributed by atoms with van der Waals surface area (Å²) < 4.78 is 31.3. The van der Waals surface area contributed by atoms with Gasteiger partial charge in [-0.25, -0.2) is 18.4 Å². The fraction of sp³-hybridized carbons (Fsp3) is 0.333. The van der Waals surface area contributed by atoms with E-state index >= 15 is 0 Å². The van der Waals surface area contributed by atoms with E-state index in [0.717, 1.165) is 26.2 Å². The summed E-state index contributed by atoms with van der Waals surface area (Å²) in [7, 11) is 1.09. The maximum Gasteiger partial charge on any atom is 0.337 e. The van der Waals surface area contributed by atoms with Crippen LogP contribution in [0.4, 0.5) is 19.3 Å². The van der Waals surface area contributed by atoms with Gasteiger partial charge in [-0.3, -0.25) is 0 Å². The van der Waals surface area contributed by atoms with Gasteiger partial charge in [-0.2, -0.15) is 0 Å².